The summed E-state index contributed by atoms with van der Waals surface area (Å²) in [4.78, 5) is 0. The first-order valence-electron chi connectivity index (χ1n) is 6.94. The molecule has 0 fully saturated rings. The van der Waals surface area contributed by atoms with Crippen LogP contribution in [0.15, 0.2) is 24.3 Å². The molecular formula is C16H25N. The SMILES string of the molecule is CNC(CCC(C)C)C1Cc2ccccc2C1. The molecule has 1 N–H and O–H groups in total. The summed E-state index contributed by atoms with van der Waals surface area (Å²) in [6.07, 6.45) is 5.17. The van der Waals surface area contributed by atoms with Crippen molar-refractivity contribution in [2.75, 3.05) is 7.05 Å². The average molecular weight is 231 g/mol. The van der Waals surface area contributed by atoms with Crippen LogP contribution in [0, 0.1) is 11.8 Å². The van der Waals surface area contributed by atoms with Crippen LogP contribution in [0.3, 0.4) is 0 Å². The zero-order valence-corrected chi connectivity index (χ0v) is 11.4. The summed E-state index contributed by atoms with van der Waals surface area (Å²) in [5.74, 6) is 1.62. The van der Waals surface area contributed by atoms with E-state index in [1.54, 1.807) is 11.1 Å². The van der Waals surface area contributed by atoms with Gasteiger partial charge in [0, 0.05) is 6.04 Å². The lowest BCUT2D eigenvalue weighted by Gasteiger charge is -2.23. The van der Waals surface area contributed by atoms with E-state index in [2.05, 4.69) is 50.5 Å². The van der Waals surface area contributed by atoms with Crippen molar-refractivity contribution in [3.63, 3.8) is 0 Å². The Labute approximate surface area is 106 Å². The summed E-state index contributed by atoms with van der Waals surface area (Å²) < 4.78 is 0. The molecule has 1 aliphatic rings. The number of rotatable bonds is 5. The van der Waals surface area contributed by atoms with E-state index in [4.69, 9.17) is 0 Å². The second-order valence-corrected chi connectivity index (χ2v) is 5.80. The van der Waals surface area contributed by atoms with Crippen molar-refractivity contribution in [2.24, 2.45) is 11.8 Å². The summed E-state index contributed by atoms with van der Waals surface area (Å²) in [5.41, 5.74) is 3.14. The van der Waals surface area contributed by atoms with E-state index in [9.17, 15) is 0 Å². The monoisotopic (exact) mass is 231 g/mol. The van der Waals surface area contributed by atoms with Gasteiger partial charge in [-0.2, -0.15) is 0 Å². The van der Waals surface area contributed by atoms with Crippen molar-refractivity contribution in [1.82, 2.24) is 5.32 Å². The van der Waals surface area contributed by atoms with Crippen LogP contribution in [0.1, 0.15) is 37.8 Å². The molecule has 1 heteroatoms. The van der Waals surface area contributed by atoms with Gasteiger partial charge in [0.25, 0.3) is 0 Å². The Morgan fingerprint density at radius 3 is 2.18 bits per heavy atom. The lowest BCUT2D eigenvalue weighted by Crippen LogP contribution is -2.34. The average Bonchev–Trinajstić information content (AvgIpc) is 2.72. The maximum Gasteiger partial charge on any atom is 0.00987 e. The van der Waals surface area contributed by atoms with Gasteiger partial charge in [-0.05, 0) is 55.7 Å². The molecule has 1 atom stereocenters. The minimum atomic E-state index is 0.685. The molecule has 0 spiro atoms. The smallest absolute Gasteiger partial charge is 0.00987 e. The Hall–Kier alpha value is -0.820. The molecule has 0 heterocycles. The predicted molar refractivity (Wildman–Crippen MR) is 74.3 cm³/mol. The van der Waals surface area contributed by atoms with E-state index in [1.807, 2.05) is 0 Å². The summed E-state index contributed by atoms with van der Waals surface area (Å²) in [6, 6.07) is 9.62. The molecule has 0 aliphatic heterocycles. The first-order chi connectivity index (χ1) is 8.20. The third-order valence-corrected chi connectivity index (χ3v) is 4.08. The van der Waals surface area contributed by atoms with Crippen LogP contribution in [0.4, 0.5) is 0 Å². The van der Waals surface area contributed by atoms with Crippen LogP contribution in [0.2, 0.25) is 0 Å². The van der Waals surface area contributed by atoms with Crippen molar-refractivity contribution in [1.29, 1.82) is 0 Å². The van der Waals surface area contributed by atoms with Gasteiger partial charge in [0.1, 0.15) is 0 Å². The molecule has 1 aromatic carbocycles. The lowest BCUT2D eigenvalue weighted by molar-refractivity contribution is 0.341. The molecule has 0 amide bonds. The molecule has 0 saturated carbocycles. The molecule has 0 bridgehead atoms. The van der Waals surface area contributed by atoms with Crippen molar-refractivity contribution in [2.45, 2.75) is 45.6 Å². The minimum Gasteiger partial charge on any atom is -0.317 e. The number of benzene rings is 1. The second-order valence-electron chi connectivity index (χ2n) is 5.80. The Morgan fingerprint density at radius 1 is 1.12 bits per heavy atom. The van der Waals surface area contributed by atoms with Gasteiger partial charge in [-0.3, -0.25) is 0 Å². The molecule has 1 unspecified atom stereocenters. The van der Waals surface area contributed by atoms with Crippen molar-refractivity contribution in [3.05, 3.63) is 35.4 Å². The number of nitrogens with one attached hydrogen (secondary N) is 1. The van der Waals surface area contributed by atoms with Gasteiger partial charge in [-0.25, -0.2) is 0 Å². The third-order valence-electron chi connectivity index (χ3n) is 4.08. The van der Waals surface area contributed by atoms with Gasteiger partial charge in [0.2, 0.25) is 0 Å². The highest BCUT2D eigenvalue weighted by atomic mass is 14.9. The first kappa shape index (κ1) is 12.6. The highest BCUT2D eigenvalue weighted by molar-refractivity contribution is 5.32. The largest absolute Gasteiger partial charge is 0.317 e. The number of hydrogen-bond donors (Lipinski definition) is 1. The van der Waals surface area contributed by atoms with Gasteiger partial charge < -0.3 is 5.32 Å². The van der Waals surface area contributed by atoms with Crippen LogP contribution in [-0.4, -0.2) is 13.1 Å². The Balaban J connectivity index is 1.95. The maximum absolute atomic E-state index is 3.53. The van der Waals surface area contributed by atoms with Crippen molar-refractivity contribution >= 4 is 0 Å². The summed E-state index contributed by atoms with van der Waals surface area (Å²) >= 11 is 0. The lowest BCUT2D eigenvalue weighted by atomic mass is 9.91. The van der Waals surface area contributed by atoms with Gasteiger partial charge >= 0.3 is 0 Å². The molecule has 17 heavy (non-hydrogen) atoms. The summed E-state index contributed by atoms with van der Waals surface area (Å²) in [6.45, 7) is 4.63. The van der Waals surface area contributed by atoms with Crippen LogP contribution < -0.4 is 5.32 Å². The molecule has 1 aliphatic carbocycles. The summed E-state index contributed by atoms with van der Waals surface area (Å²) in [7, 11) is 2.12. The number of fused-ring (bicyclic) bond motifs is 1. The fourth-order valence-electron chi connectivity index (χ4n) is 3.01. The molecular weight excluding hydrogens is 206 g/mol. The quantitative estimate of drug-likeness (QED) is 0.818. The zero-order chi connectivity index (χ0) is 12.3. The molecule has 0 radical (unpaired) electrons. The zero-order valence-electron chi connectivity index (χ0n) is 11.4. The molecule has 1 nitrogen and oxygen atoms in total. The van der Waals surface area contributed by atoms with Crippen LogP contribution in [0.5, 0.6) is 0 Å². The normalized spacial score (nSPS) is 17.4. The van der Waals surface area contributed by atoms with Gasteiger partial charge in [-0.1, -0.05) is 38.1 Å². The Bertz CT molecular complexity index is 331. The third kappa shape index (κ3) is 3.10. The van der Waals surface area contributed by atoms with E-state index in [-0.39, 0.29) is 0 Å². The van der Waals surface area contributed by atoms with Gasteiger partial charge in [-0.15, -0.1) is 0 Å². The van der Waals surface area contributed by atoms with E-state index < -0.39 is 0 Å². The van der Waals surface area contributed by atoms with E-state index in [0.717, 1.165) is 11.8 Å². The molecule has 0 saturated heterocycles. The van der Waals surface area contributed by atoms with Crippen LogP contribution in [-0.2, 0) is 12.8 Å². The van der Waals surface area contributed by atoms with E-state index >= 15 is 0 Å². The van der Waals surface area contributed by atoms with Crippen LogP contribution in [0.25, 0.3) is 0 Å². The van der Waals surface area contributed by atoms with Crippen LogP contribution >= 0.6 is 0 Å². The first-order valence-corrected chi connectivity index (χ1v) is 6.94. The fourth-order valence-corrected chi connectivity index (χ4v) is 3.01. The van der Waals surface area contributed by atoms with Gasteiger partial charge in [0.15, 0.2) is 0 Å². The molecule has 0 aromatic heterocycles. The highest BCUT2D eigenvalue weighted by Gasteiger charge is 2.27. The number of hydrogen-bond acceptors (Lipinski definition) is 1. The van der Waals surface area contributed by atoms with Crippen molar-refractivity contribution in [3.8, 4) is 0 Å². The second kappa shape index (κ2) is 5.68. The summed E-state index contributed by atoms with van der Waals surface area (Å²) in [5, 5.41) is 3.53. The topological polar surface area (TPSA) is 12.0 Å². The predicted octanol–water partition coefficient (Wildman–Crippen LogP) is 3.43. The Morgan fingerprint density at radius 2 is 1.71 bits per heavy atom. The van der Waals surface area contributed by atoms with Crippen molar-refractivity contribution < 1.29 is 0 Å². The Kier molecular flexibility index (Phi) is 4.22. The maximum atomic E-state index is 3.53. The van der Waals surface area contributed by atoms with Gasteiger partial charge in [0.05, 0.1) is 0 Å². The minimum absolute atomic E-state index is 0.685. The van der Waals surface area contributed by atoms with E-state index in [1.165, 1.54) is 25.7 Å². The fraction of sp³-hybridized carbons (Fsp3) is 0.625. The molecule has 1 aromatic rings. The van der Waals surface area contributed by atoms with E-state index in [0.29, 0.717) is 6.04 Å². The standard InChI is InChI=1S/C16H25N/c1-12(2)8-9-16(17-3)15-10-13-6-4-5-7-14(13)11-15/h4-7,12,15-17H,8-11H2,1-3H3. The molecule has 2 rings (SSSR count). The molecule has 94 valence electrons. The highest BCUT2D eigenvalue weighted by Crippen LogP contribution is 2.30.